The minimum absolute atomic E-state index is 0.795. The molecule has 0 bridgehead atoms. The molecule has 8 aromatic rings. The predicted octanol–water partition coefficient (Wildman–Crippen LogP) is 8.64. The van der Waals surface area contributed by atoms with Crippen LogP contribution in [-0.4, -0.2) is 9.55 Å². The van der Waals surface area contributed by atoms with Gasteiger partial charge >= 0.3 is 0 Å². The SMILES string of the molecule is O=P(c1ccccc1)(c1ccccc1)c1cccc(-n2c3ccccc3c3c4ccccc4nc(-c4ccccc4)c32)c1. The molecule has 0 aliphatic rings. The van der Waals surface area contributed by atoms with E-state index in [4.69, 9.17) is 4.98 Å². The summed E-state index contributed by atoms with van der Waals surface area (Å²) in [6.07, 6.45) is 0. The van der Waals surface area contributed by atoms with Crippen molar-refractivity contribution in [3.8, 4) is 16.9 Å². The van der Waals surface area contributed by atoms with E-state index in [0.29, 0.717) is 0 Å². The lowest BCUT2D eigenvalue weighted by Crippen LogP contribution is -2.25. The van der Waals surface area contributed by atoms with Crippen molar-refractivity contribution in [1.29, 1.82) is 0 Å². The summed E-state index contributed by atoms with van der Waals surface area (Å²) in [7, 11) is -3.16. The Morgan fingerprint density at radius 2 is 1.07 bits per heavy atom. The van der Waals surface area contributed by atoms with Gasteiger partial charge in [0.25, 0.3) is 0 Å². The summed E-state index contributed by atoms with van der Waals surface area (Å²) in [6.45, 7) is 0. The number of fused-ring (bicyclic) bond motifs is 5. The van der Waals surface area contributed by atoms with Gasteiger partial charge in [-0.2, -0.15) is 0 Å². The summed E-state index contributed by atoms with van der Waals surface area (Å²) in [6, 6.07) is 55.2. The first kappa shape index (κ1) is 25.5. The minimum atomic E-state index is -3.16. The van der Waals surface area contributed by atoms with Crippen LogP contribution in [0.15, 0.2) is 164 Å². The van der Waals surface area contributed by atoms with E-state index in [1.54, 1.807) is 0 Å². The quantitative estimate of drug-likeness (QED) is 0.194. The molecule has 0 N–H and O–H groups in total. The fourth-order valence-electron chi connectivity index (χ4n) is 6.31. The largest absolute Gasteiger partial charge is 0.309 e. The monoisotopic (exact) mass is 570 g/mol. The molecule has 4 heteroatoms. The molecule has 204 valence electrons. The Bertz CT molecular complexity index is 2270. The first-order valence-corrected chi connectivity index (χ1v) is 16.1. The number of pyridine rings is 1. The van der Waals surface area contributed by atoms with Crippen molar-refractivity contribution in [1.82, 2.24) is 9.55 Å². The van der Waals surface area contributed by atoms with Crippen LogP contribution < -0.4 is 15.9 Å². The van der Waals surface area contributed by atoms with Gasteiger partial charge in [0.15, 0.2) is 7.14 Å². The summed E-state index contributed by atoms with van der Waals surface area (Å²) >= 11 is 0. The maximum atomic E-state index is 15.3. The highest BCUT2D eigenvalue weighted by atomic mass is 31.2. The molecule has 0 unspecified atom stereocenters. The number of para-hydroxylation sites is 2. The highest BCUT2D eigenvalue weighted by Gasteiger charge is 2.30. The van der Waals surface area contributed by atoms with Crippen LogP contribution >= 0.6 is 7.14 Å². The summed E-state index contributed by atoms with van der Waals surface area (Å²) in [5, 5.41) is 5.87. The third-order valence-electron chi connectivity index (χ3n) is 8.24. The third kappa shape index (κ3) is 4.05. The molecule has 0 amide bonds. The van der Waals surface area contributed by atoms with E-state index < -0.39 is 7.14 Å². The van der Waals surface area contributed by atoms with Crippen LogP contribution in [0.25, 0.3) is 49.7 Å². The average Bonchev–Trinajstić information content (AvgIpc) is 3.44. The van der Waals surface area contributed by atoms with E-state index in [1.807, 2.05) is 84.9 Å². The van der Waals surface area contributed by atoms with Crippen molar-refractivity contribution in [2.24, 2.45) is 0 Å². The third-order valence-corrected chi connectivity index (χ3v) is 11.3. The van der Waals surface area contributed by atoms with Gasteiger partial charge in [-0.05, 0) is 24.3 Å². The molecular formula is C39H27N2OP. The van der Waals surface area contributed by atoms with Crippen molar-refractivity contribution in [2.45, 2.75) is 0 Å². The van der Waals surface area contributed by atoms with Gasteiger partial charge in [0.1, 0.15) is 0 Å². The van der Waals surface area contributed by atoms with E-state index in [-0.39, 0.29) is 0 Å². The number of aromatic nitrogens is 2. The molecule has 43 heavy (non-hydrogen) atoms. The Kier molecular flexibility index (Phi) is 6.06. The van der Waals surface area contributed by atoms with E-state index in [0.717, 1.165) is 60.2 Å². The van der Waals surface area contributed by atoms with Gasteiger partial charge in [-0.1, -0.05) is 140 Å². The van der Waals surface area contributed by atoms with E-state index in [2.05, 4.69) is 83.4 Å². The maximum absolute atomic E-state index is 15.3. The number of hydrogen-bond donors (Lipinski definition) is 0. The van der Waals surface area contributed by atoms with E-state index >= 15 is 4.57 Å². The molecule has 0 atom stereocenters. The zero-order chi connectivity index (χ0) is 28.8. The van der Waals surface area contributed by atoms with Crippen molar-refractivity contribution in [3.05, 3.63) is 164 Å². The first-order valence-electron chi connectivity index (χ1n) is 14.4. The lowest BCUT2D eigenvalue weighted by Gasteiger charge is -2.21. The van der Waals surface area contributed by atoms with Gasteiger partial charge in [0.2, 0.25) is 0 Å². The molecule has 6 aromatic carbocycles. The smallest absolute Gasteiger partial charge is 0.171 e. The zero-order valence-corrected chi connectivity index (χ0v) is 24.2. The Hall–Kier alpha value is -5.24. The van der Waals surface area contributed by atoms with Crippen LogP contribution in [0.3, 0.4) is 0 Å². The fourth-order valence-corrected chi connectivity index (χ4v) is 9.00. The predicted molar refractivity (Wildman–Crippen MR) is 181 cm³/mol. The van der Waals surface area contributed by atoms with E-state index in [1.165, 1.54) is 5.39 Å². The number of benzene rings is 6. The van der Waals surface area contributed by atoms with Crippen LogP contribution in [-0.2, 0) is 4.57 Å². The van der Waals surface area contributed by atoms with Crippen molar-refractivity contribution in [3.63, 3.8) is 0 Å². The van der Waals surface area contributed by atoms with Crippen LogP contribution in [0.4, 0.5) is 0 Å². The van der Waals surface area contributed by atoms with Crippen molar-refractivity contribution >= 4 is 55.8 Å². The van der Waals surface area contributed by atoms with Gasteiger partial charge in [-0.15, -0.1) is 0 Å². The zero-order valence-electron chi connectivity index (χ0n) is 23.3. The second kappa shape index (κ2) is 10.2. The Labute approximate surface area is 250 Å². The molecular weight excluding hydrogens is 543 g/mol. The Morgan fingerprint density at radius 3 is 1.77 bits per heavy atom. The van der Waals surface area contributed by atoms with Crippen molar-refractivity contribution < 1.29 is 4.57 Å². The van der Waals surface area contributed by atoms with Crippen LogP contribution in [0.1, 0.15) is 0 Å². The summed E-state index contributed by atoms with van der Waals surface area (Å²) in [5.41, 5.74) is 6.01. The lowest BCUT2D eigenvalue weighted by molar-refractivity contribution is 0.592. The fraction of sp³-hybridized carbons (Fsp3) is 0. The minimum Gasteiger partial charge on any atom is -0.309 e. The molecule has 0 fully saturated rings. The first-order chi connectivity index (χ1) is 21.2. The maximum Gasteiger partial charge on any atom is 0.171 e. The van der Waals surface area contributed by atoms with Crippen LogP contribution in [0.2, 0.25) is 0 Å². The molecule has 0 spiro atoms. The summed E-state index contributed by atoms with van der Waals surface area (Å²) < 4.78 is 17.6. The highest BCUT2D eigenvalue weighted by molar-refractivity contribution is 7.85. The molecule has 0 radical (unpaired) electrons. The van der Waals surface area contributed by atoms with Crippen LogP contribution in [0.5, 0.6) is 0 Å². The Balaban J connectivity index is 1.49. The number of hydrogen-bond acceptors (Lipinski definition) is 2. The van der Waals surface area contributed by atoms with Crippen LogP contribution in [0, 0.1) is 0 Å². The number of nitrogens with zero attached hydrogens (tertiary/aromatic N) is 2. The van der Waals surface area contributed by atoms with Gasteiger partial charge < -0.3 is 9.13 Å². The average molecular weight is 571 g/mol. The topological polar surface area (TPSA) is 34.9 Å². The standard InChI is InChI=1S/C39H27N2OP/c42-43(30-18-6-2-7-19-30,31-20-8-3-9-21-31)32-22-14-17-29(27-32)41-36-26-13-11-24-34(36)37-33-23-10-12-25-35(33)40-38(39(37)41)28-15-4-1-5-16-28/h1-27H. The van der Waals surface area contributed by atoms with Crippen molar-refractivity contribution in [2.75, 3.05) is 0 Å². The molecule has 8 rings (SSSR count). The lowest BCUT2D eigenvalue weighted by atomic mass is 10.0. The molecule has 0 aliphatic heterocycles. The Morgan fingerprint density at radius 1 is 0.512 bits per heavy atom. The van der Waals surface area contributed by atoms with Gasteiger partial charge in [-0.25, -0.2) is 4.98 Å². The second-order valence-electron chi connectivity index (χ2n) is 10.7. The van der Waals surface area contributed by atoms with Gasteiger partial charge in [0.05, 0.1) is 22.2 Å². The normalized spacial score (nSPS) is 11.8. The molecule has 0 aliphatic carbocycles. The number of rotatable bonds is 5. The summed E-state index contributed by atoms with van der Waals surface area (Å²) in [4.78, 5) is 5.25. The molecule has 2 heterocycles. The molecule has 0 saturated heterocycles. The molecule has 3 nitrogen and oxygen atoms in total. The van der Waals surface area contributed by atoms with E-state index in [9.17, 15) is 0 Å². The van der Waals surface area contributed by atoms with Gasteiger partial charge in [0, 0.05) is 43.3 Å². The highest BCUT2D eigenvalue weighted by Crippen LogP contribution is 2.44. The molecule has 0 saturated carbocycles. The molecule has 2 aromatic heterocycles. The van der Waals surface area contributed by atoms with Gasteiger partial charge in [-0.3, -0.25) is 0 Å². The summed E-state index contributed by atoms with van der Waals surface area (Å²) in [5.74, 6) is 0. The second-order valence-corrected chi connectivity index (χ2v) is 13.5.